The number of hydrazone groups is 1. The van der Waals surface area contributed by atoms with E-state index in [1.807, 2.05) is 51.1 Å². The van der Waals surface area contributed by atoms with Crippen molar-refractivity contribution in [3.63, 3.8) is 0 Å². The van der Waals surface area contributed by atoms with Crippen molar-refractivity contribution in [2.75, 3.05) is 5.32 Å². The highest BCUT2D eigenvalue weighted by atomic mass is 79.9. The fourth-order valence-corrected chi connectivity index (χ4v) is 3.73. The topological polar surface area (TPSA) is 84.1 Å². The van der Waals surface area contributed by atoms with E-state index < -0.39 is 11.7 Å². The van der Waals surface area contributed by atoms with E-state index >= 15 is 0 Å². The molecule has 0 bridgehead atoms. The van der Waals surface area contributed by atoms with Gasteiger partial charge in [0.25, 0.3) is 5.91 Å². The van der Waals surface area contributed by atoms with Crippen molar-refractivity contribution in [3.8, 4) is 0 Å². The first kappa shape index (κ1) is 22.8. The number of furan rings is 1. The summed E-state index contributed by atoms with van der Waals surface area (Å²) < 4.78 is 11.8. The lowest BCUT2D eigenvalue weighted by Crippen LogP contribution is -2.27. The van der Waals surface area contributed by atoms with Gasteiger partial charge >= 0.3 is 6.09 Å². The van der Waals surface area contributed by atoms with Gasteiger partial charge in [-0.3, -0.25) is 10.1 Å². The van der Waals surface area contributed by atoms with E-state index in [-0.39, 0.29) is 11.9 Å². The number of ether oxygens (including phenoxy) is 1. The zero-order valence-electron chi connectivity index (χ0n) is 18.5. The quantitative estimate of drug-likeness (QED) is 0.442. The lowest BCUT2D eigenvalue weighted by atomic mass is 10.0. The Bertz CT molecular complexity index is 1160. The molecule has 3 aromatic rings. The van der Waals surface area contributed by atoms with Gasteiger partial charge in [0.2, 0.25) is 0 Å². The molecule has 170 valence electrons. The number of nitrogens with zero attached hydrogens (tertiary/aromatic N) is 2. The van der Waals surface area contributed by atoms with Gasteiger partial charge in [0.15, 0.2) is 0 Å². The molecule has 0 saturated carbocycles. The molecule has 4 rings (SSSR count). The van der Waals surface area contributed by atoms with Gasteiger partial charge < -0.3 is 9.15 Å². The van der Waals surface area contributed by atoms with Gasteiger partial charge in [0, 0.05) is 22.1 Å². The molecule has 0 radical (unpaired) electrons. The molecule has 2 amide bonds. The van der Waals surface area contributed by atoms with Crippen LogP contribution in [0.15, 0.2) is 80.9 Å². The highest BCUT2D eigenvalue weighted by Gasteiger charge is 2.35. The molecule has 0 saturated heterocycles. The predicted molar refractivity (Wildman–Crippen MR) is 129 cm³/mol. The summed E-state index contributed by atoms with van der Waals surface area (Å²) in [7, 11) is 0. The molecule has 1 aromatic heterocycles. The first-order chi connectivity index (χ1) is 15.7. The van der Waals surface area contributed by atoms with E-state index in [1.165, 1.54) is 5.01 Å². The van der Waals surface area contributed by atoms with E-state index in [0.717, 1.165) is 15.7 Å². The van der Waals surface area contributed by atoms with Gasteiger partial charge in [0.05, 0.1) is 12.0 Å². The van der Waals surface area contributed by atoms with Crippen molar-refractivity contribution in [1.29, 1.82) is 0 Å². The minimum absolute atomic E-state index is 0.206. The number of carbonyl (C=O) groups excluding carboxylic acids is 2. The number of hydrogen-bond acceptors (Lipinski definition) is 5. The molecule has 2 aromatic carbocycles. The lowest BCUT2D eigenvalue weighted by Gasteiger charge is -2.19. The summed E-state index contributed by atoms with van der Waals surface area (Å²) in [5.74, 6) is 0.463. The number of halogens is 1. The fourth-order valence-electron chi connectivity index (χ4n) is 3.47. The minimum Gasteiger partial charge on any atom is -0.467 e. The first-order valence-electron chi connectivity index (χ1n) is 10.5. The second-order valence-corrected chi connectivity index (χ2v) is 9.56. The molecule has 0 spiro atoms. The minimum atomic E-state index is -0.575. The molecular weight excluding hydrogens is 486 g/mol. The summed E-state index contributed by atoms with van der Waals surface area (Å²) in [5.41, 5.74) is 2.18. The van der Waals surface area contributed by atoms with Gasteiger partial charge in [-0.15, -0.1) is 0 Å². The summed E-state index contributed by atoms with van der Waals surface area (Å²) in [6.07, 6.45) is 1.58. The Kier molecular flexibility index (Phi) is 6.37. The summed E-state index contributed by atoms with van der Waals surface area (Å²) in [4.78, 5) is 25.2. The van der Waals surface area contributed by atoms with Crippen LogP contribution >= 0.6 is 15.9 Å². The summed E-state index contributed by atoms with van der Waals surface area (Å²) in [5, 5.41) is 8.84. The molecule has 0 aliphatic carbocycles. The van der Waals surface area contributed by atoms with E-state index in [4.69, 9.17) is 9.15 Å². The van der Waals surface area contributed by atoms with Gasteiger partial charge in [-0.2, -0.15) is 5.10 Å². The molecule has 2 heterocycles. The van der Waals surface area contributed by atoms with Gasteiger partial charge in [-0.1, -0.05) is 28.1 Å². The standard InChI is InChI=1S/C25H24BrN3O4/c1-25(2,3)33-24(31)27-19-12-8-16(9-13-19)20-15-21(22-5-4-14-32-22)29(28-20)23(30)17-6-10-18(26)11-7-17/h4-14,21H,15H2,1-3H3,(H,27,31). The normalized spacial score (nSPS) is 15.8. The van der Waals surface area contributed by atoms with Crippen LogP contribution in [-0.4, -0.2) is 28.3 Å². The Morgan fingerprint density at radius 3 is 2.39 bits per heavy atom. The summed E-state index contributed by atoms with van der Waals surface area (Å²) >= 11 is 3.39. The number of anilines is 1. The first-order valence-corrected chi connectivity index (χ1v) is 11.3. The fraction of sp³-hybridized carbons (Fsp3) is 0.240. The Hall–Kier alpha value is -3.39. The van der Waals surface area contributed by atoms with Crippen LogP contribution in [0.25, 0.3) is 0 Å². The van der Waals surface area contributed by atoms with Gasteiger partial charge in [0.1, 0.15) is 17.4 Å². The zero-order valence-corrected chi connectivity index (χ0v) is 20.1. The second-order valence-electron chi connectivity index (χ2n) is 8.64. The maximum atomic E-state index is 13.2. The van der Waals surface area contributed by atoms with Crippen molar-refractivity contribution in [3.05, 3.63) is 88.3 Å². The molecule has 1 atom stereocenters. The number of rotatable bonds is 4. The van der Waals surface area contributed by atoms with Crippen molar-refractivity contribution >= 4 is 39.3 Å². The zero-order chi connectivity index (χ0) is 23.6. The highest BCUT2D eigenvalue weighted by Crippen LogP contribution is 2.34. The van der Waals surface area contributed by atoms with Crippen LogP contribution in [0.2, 0.25) is 0 Å². The number of nitrogens with one attached hydrogen (secondary N) is 1. The van der Waals surface area contributed by atoms with Gasteiger partial charge in [-0.25, -0.2) is 9.80 Å². The van der Waals surface area contributed by atoms with Crippen molar-refractivity contribution in [2.45, 2.75) is 38.8 Å². The number of carbonyl (C=O) groups is 2. The van der Waals surface area contributed by atoms with Crippen LogP contribution in [0.5, 0.6) is 0 Å². The highest BCUT2D eigenvalue weighted by molar-refractivity contribution is 9.10. The molecule has 7 nitrogen and oxygen atoms in total. The lowest BCUT2D eigenvalue weighted by molar-refractivity contribution is 0.0634. The van der Waals surface area contributed by atoms with Gasteiger partial charge in [-0.05, 0) is 74.9 Å². The van der Waals surface area contributed by atoms with Crippen LogP contribution < -0.4 is 5.32 Å². The largest absolute Gasteiger partial charge is 0.467 e. The third kappa shape index (κ3) is 5.51. The summed E-state index contributed by atoms with van der Waals surface area (Å²) in [6.45, 7) is 5.43. The maximum absolute atomic E-state index is 13.2. The molecule has 1 unspecified atom stereocenters. The van der Waals surface area contributed by atoms with Crippen molar-refractivity contribution in [1.82, 2.24) is 5.01 Å². The summed E-state index contributed by atoms with van der Waals surface area (Å²) in [6, 6.07) is 17.8. The monoisotopic (exact) mass is 509 g/mol. The molecule has 0 fully saturated rings. The predicted octanol–water partition coefficient (Wildman–Crippen LogP) is 6.38. The van der Waals surface area contributed by atoms with Crippen LogP contribution in [0.1, 0.15) is 54.9 Å². The van der Waals surface area contributed by atoms with Crippen molar-refractivity contribution in [2.24, 2.45) is 5.10 Å². The maximum Gasteiger partial charge on any atom is 0.412 e. The SMILES string of the molecule is CC(C)(C)OC(=O)Nc1ccc(C2=NN(C(=O)c3ccc(Br)cc3)C(c3ccco3)C2)cc1. The van der Waals surface area contributed by atoms with E-state index in [1.54, 1.807) is 36.6 Å². The Balaban J connectivity index is 1.56. The average Bonchev–Trinajstić information content (AvgIpc) is 3.43. The molecular formula is C25H24BrN3O4. The van der Waals surface area contributed by atoms with E-state index in [9.17, 15) is 9.59 Å². The molecule has 1 N–H and O–H groups in total. The Labute approximate surface area is 200 Å². The number of amides is 2. The van der Waals surface area contributed by atoms with Crippen molar-refractivity contribution < 1.29 is 18.7 Å². The van der Waals surface area contributed by atoms with E-state index in [2.05, 4.69) is 26.3 Å². The van der Waals surface area contributed by atoms with Crippen LogP contribution in [0.4, 0.5) is 10.5 Å². The van der Waals surface area contributed by atoms with Crippen LogP contribution in [-0.2, 0) is 4.74 Å². The molecule has 8 heteroatoms. The molecule has 1 aliphatic rings. The third-order valence-corrected chi connectivity index (χ3v) is 5.47. The average molecular weight is 510 g/mol. The molecule has 1 aliphatic heterocycles. The Morgan fingerprint density at radius 1 is 1.09 bits per heavy atom. The van der Waals surface area contributed by atoms with Crippen LogP contribution in [0.3, 0.4) is 0 Å². The number of benzene rings is 2. The smallest absolute Gasteiger partial charge is 0.412 e. The van der Waals surface area contributed by atoms with Crippen LogP contribution in [0, 0.1) is 0 Å². The van der Waals surface area contributed by atoms with E-state index in [0.29, 0.717) is 23.4 Å². The number of hydrogen-bond donors (Lipinski definition) is 1. The third-order valence-electron chi connectivity index (χ3n) is 4.94. The molecule has 33 heavy (non-hydrogen) atoms. The Morgan fingerprint density at radius 2 is 1.79 bits per heavy atom. The second kappa shape index (κ2) is 9.23.